The maximum atomic E-state index is 10.2. The number of rotatable bonds is 2. The summed E-state index contributed by atoms with van der Waals surface area (Å²) in [6, 6.07) is 2.13. The van der Waals surface area contributed by atoms with E-state index < -0.39 is 0 Å². The molecular weight excluding hydrogens is 192 g/mol. The van der Waals surface area contributed by atoms with Gasteiger partial charge in [-0.3, -0.25) is 0 Å². The van der Waals surface area contributed by atoms with E-state index in [0.29, 0.717) is 5.92 Å². The smallest absolute Gasteiger partial charge is 0.0826 e. The van der Waals surface area contributed by atoms with E-state index in [0.717, 1.165) is 5.56 Å². The Labute approximate surface area is 89.8 Å². The van der Waals surface area contributed by atoms with E-state index in [1.807, 2.05) is 0 Å². The average Bonchev–Trinajstić information content (AvgIpc) is 2.65. The van der Waals surface area contributed by atoms with Gasteiger partial charge in [-0.15, -0.1) is 11.3 Å². The maximum Gasteiger partial charge on any atom is 0.0826 e. The summed E-state index contributed by atoms with van der Waals surface area (Å²) in [5.41, 5.74) is 1.14. The van der Waals surface area contributed by atoms with Crippen LogP contribution in [0.1, 0.15) is 48.6 Å². The Bertz CT molecular complexity index is 286. The molecule has 14 heavy (non-hydrogen) atoms. The van der Waals surface area contributed by atoms with Gasteiger partial charge in [0, 0.05) is 4.88 Å². The summed E-state index contributed by atoms with van der Waals surface area (Å²) in [7, 11) is 0. The number of aliphatic hydroxyl groups excluding tert-OH is 1. The number of thiophene rings is 1. The molecule has 1 aliphatic rings. The minimum absolute atomic E-state index is 0.208. The molecule has 2 heteroatoms. The van der Waals surface area contributed by atoms with Crippen LogP contribution in [-0.2, 0) is 0 Å². The van der Waals surface area contributed by atoms with Crippen LogP contribution in [0.15, 0.2) is 11.4 Å². The van der Waals surface area contributed by atoms with Crippen LogP contribution in [0, 0.1) is 12.8 Å². The highest BCUT2D eigenvalue weighted by Crippen LogP contribution is 2.35. The van der Waals surface area contributed by atoms with Gasteiger partial charge in [-0.05, 0) is 42.7 Å². The highest BCUT2D eigenvalue weighted by atomic mass is 32.1. The van der Waals surface area contributed by atoms with Gasteiger partial charge in [0.25, 0.3) is 0 Å². The van der Waals surface area contributed by atoms with Crippen molar-refractivity contribution in [3.63, 3.8) is 0 Å². The van der Waals surface area contributed by atoms with Crippen LogP contribution in [-0.4, -0.2) is 5.11 Å². The summed E-state index contributed by atoms with van der Waals surface area (Å²) >= 11 is 1.74. The Hall–Kier alpha value is -0.340. The fraction of sp³-hybridized carbons (Fsp3) is 0.667. The summed E-state index contributed by atoms with van der Waals surface area (Å²) in [6.07, 6.45) is 6.15. The molecule has 0 saturated heterocycles. The zero-order chi connectivity index (χ0) is 9.97. The fourth-order valence-corrected chi connectivity index (χ4v) is 3.07. The van der Waals surface area contributed by atoms with Crippen LogP contribution in [0.4, 0.5) is 0 Å². The van der Waals surface area contributed by atoms with E-state index >= 15 is 0 Å². The van der Waals surface area contributed by atoms with Crippen LogP contribution >= 0.6 is 11.3 Å². The molecule has 1 aromatic heterocycles. The largest absolute Gasteiger partial charge is 0.388 e. The van der Waals surface area contributed by atoms with Crippen molar-refractivity contribution in [2.45, 2.75) is 45.1 Å². The SMILES string of the molecule is Cc1cc(C(O)C2CCCCC2)cs1. The zero-order valence-electron chi connectivity index (χ0n) is 8.70. The average molecular weight is 210 g/mol. The lowest BCUT2D eigenvalue weighted by atomic mass is 9.83. The first kappa shape index (κ1) is 10.2. The molecule has 1 nitrogen and oxygen atoms in total. The van der Waals surface area contributed by atoms with E-state index in [-0.39, 0.29) is 6.10 Å². The molecule has 1 N–H and O–H groups in total. The molecule has 1 aromatic rings. The van der Waals surface area contributed by atoms with Crippen LogP contribution in [0.25, 0.3) is 0 Å². The molecule has 1 aliphatic carbocycles. The van der Waals surface area contributed by atoms with Crippen LogP contribution < -0.4 is 0 Å². The molecule has 0 spiro atoms. The lowest BCUT2D eigenvalue weighted by Gasteiger charge is -2.26. The highest BCUT2D eigenvalue weighted by molar-refractivity contribution is 7.10. The highest BCUT2D eigenvalue weighted by Gasteiger charge is 2.23. The minimum Gasteiger partial charge on any atom is -0.388 e. The second-order valence-electron chi connectivity index (χ2n) is 4.33. The first-order chi connectivity index (χ1) is 6.77. The predicted molar refractivity (Wildman–Crippen MR) is 60.6 cm³/mol. The van der Waals surface area contributed by atoms with E-state index in [1.165, 1.54) is 37.0 Å². The monoisotopic (exact) mass is 210 g/mol. The molecule has 0 bridgehead atoms. The van der Waals surface area contributed by atoms with Gasteiger partial charge in [-0.25, -0.2) is 0 Å². The van der Waals surface area contributed by atoms with E-state index in [1.54, 1.807) is 11.3 Å². The van der Waals surface area contributed by atoms with E-state index in [9.17, 15) is 5.11 Å². The summed E-state index contributed by atoms with van der Waals surface area (Å²) in [6.45, 7) is 2.10. The van der Waals surface area contributed by atoms with Crippen molar-refractivity contribution in [1.82, 2.24) is 0 Å². The molecule has 78 valence electrons. The predicted octanol–water partition coefficient (Wildman–Crippen LogP) is 3.67. The van der Waals surface area contributed by atoms with Crippen molar-refractivity contribution < 1.29 is 5.11 Å². The summed E-state index contributed by atoms with van der Waals surface area (Å²) in [4.78, 5) is 1.30. The van der Waals surface area contributed by atoms with E-state index in [2.05, 4.69) is 18.4 Å². The second kappa shape index (κ2) is 4.45. The molecule has 1 saturated carbocycles. The molecule has 2 rings (SSSR count). The number of hydrogen-bond acceptors (Lipinski definition) is 2. The Morgan fingerprint density at radius 2 is 2.07 bits per heavy atom. The van der Waals surface area contributed by atoms with Gasteiger partial charge in [0.2, 0.25) is 0 Å². The third-order valence-electron chi connectivity index (χ3n) is 3.19. The molecule has 1 atom stereocenters. The Kier molecular flexibility index (Phi) is 3.24. The molecule has 1 heterocycles. The van der Waals surface area contributed by atoms with Crippen molar-refractivity contribution in [1.29, 1.82) is 0 Å². The first-order valence-corrected chi connectivity index (χ1v) is 6.38. The van der Waals surface area contributed by atoms with Gasteiger partial charge >= 0.3 is 0 Å². The standard InChI is InChI=1S/C12H18OS/c1-9-7-11(8-14-9)12(13)10-5-3-2-4-6-10/h7-8,10,12-13H,2-6H2,1H3. The number of hydrogen-bond donors (Lipinski definition) is 1. The number of aryl methyl sites for hydroxylation is 1. The summed E-state index contributed by atoms with van der Waals surface area (Å²) < 4.78 is 0. The molecule has 0 aliphatic heterocycles. The van der Waals surface area contributed by atoms with Gasteiger partial charge < -0.3 is 5.11 Å². The molecule has 0 amide bonds. The Balaban J connectivity index is 2.03. The molecular formula is C12H18OS. The van der Waals surface area contributed by atoms with Crippen LogP contribution in [0.5, 0.6) is 0 Å². The quantitative estimate of drug-likeness (QED) is 0.789. The van der Waals surface area contributed by atoms with E-state index in [4.69, 9.17) is 0 Å². The fourth-order valence-electron chi connectivity index (χ4n) is 2.34. The van der Waals surface area contributed by atoms with Gasteiger partial charge in [-0.2, -0.15) is 0 Å². The maximum absolute atomic E-state index is 10.2. The Morgan fingerprint density at radius 3 is 2.64 bits per heavy atom. The van der Waals surface area contributed by atoms with Crippen LogP contribution in [0.2, 0.25) is 0 Å². The molecule has 0 radical (unpaired) electrons. The summed E-state index contributed by atoms with van der Waals surface area (Å²) in [5.74, 6) is 0.512. The van der Waals surface area contributed by atoms with Crippen molar-refractivity contribution in [2.24, 2.45) is 5.92 Å². The van der Waals surface area contributed by atoms with Crippen LogP contribution in [0.3, 0.4) is 0 Å². The van der Waals surface area contributed by atoms with Gasteiger partial charge in [0.1, 0.15) is 0 Å². The Morgan fingerprint density at radius 1 is 1.36 bits per heavy atom. The molecule has 0 aromatic carbocycles. The lowest BCUT2D eigenvalue weighted by Crippen LogP contribution is -2.15. The first-order valence-electron chi connectivity index (χ1n) is 5.50. The molecule has 1 unspecified atom stereocenters. The van der Waals surface area contributed by atoms with Gasteiger partial charge in [0.15, 0.2) is 0 Å². The normalized spacial score (nSPS) is 21.0. The van der Waals surface area contributed by atoms with Crippen molar-refractivity contribution in [3.8, 4) is 0 Å². The van der Waals surface area contributed by atoms with Crippen molar-refractivity contribution >= 4 is 11.3 Å². The topological polar surface area (TPSA) is 20.2 Å². The second-order valence-corrected chi connectivity index (χ2v) is 5.45. The summed E-state index contributed by atoms with van der Waals surface area (Å²) in [5, 5.41) is 12.3. The lowest BCUT2D eigenvalue weighted by molar-refractivity contribution is 0.0852. The third kappa shape index (κ3) is 2.18. The third-order valence-corrected chi connectivity index (χ3v) is 4.07. The minimum atomic E-state index is -0.208. The van der Waals surface area contributed by atoms with Crippen molar-refractivity contribution in [3.05, 3.63) is 21.9 Å². The molecule has 1 fully saturated rings. The van der Waals surface area contributed by atoms with Gasteiger partial charge in [0.05, 0.1) is 6.10 Å². The number of aliphatic hydroxyl groups is 1. The van der Waals surface area contributed by atoms with Crippen molar-refractivity contribution in [2.75, 3.05) is 0 Å². The van der Waals surface area contributed by atoms with Gasteiger partial charge in [-0.1, -0.05) is 19.3 Å². The zero-order valence-corrected chi connectivity index (χ0v) is 9.52.